The number of aryl methyl sites for hydroxylation is 1. The summed E-state index contributed by atoms with van der Waals surface area (Å²) in [4.78, 5) is 24.1. The monoisotopic (exact) mass is 417 g/mol. The number of nitrogens with one attached hydrogen (secondary N) is 1. The van der Waals surface area contributed by atoms with Gasteiger partial charge in [-0.2, -0.15) is 5.26 Å². The Morgan fingerprint density at radius 3 is 2.32 bits per heavy atom. The fourth-order valence-electron chi connectivity index (χ4n) is 3.23. The van der Waals surface area contributed by atoms with Gasteiger partial charge < -0.3 is 14.6 Å². The summed E-state index contributed by atoms with van der Waals surface area (Å²) in [6.07, 6.45) is 1.51. The lowest BCUT2D eigenvalue weighted by molar-refractivity contribution is -0.112. The highest BCUT2D eigenvalue weighted by atomic mass is 19.1. The molecule has 3 rings (SSSR count). The molecule has 1 aromatic heterocycles. The van der Waals surface area contributed by atoms with Gasteiger partial charge in [-0.1, -0.05) is 0 Å². The third-order valence-electron chi connectivity index (χ3n) is 4.78. The summed E-state index contributed by atoms with van der Waals surface area (Å²) in [5.41, 5.74) is 4.01. The van der Waals surface area contributed by atoms with Crippen LogP contribution in [-0.4, -0.2) is 23.6 Å². The number of ether oxygens (including phenoxy) is 1. The number of hydrogen-bond acceptors (Lipinski definition) is 4. The number of aromatic nitrogens is 1. The Morgan fingerprint density at radius 1 is 1.10 bits per heavy atom. The number of anilines is 1. The van der Waals surface area contributed by atoms with Crippen LogP contribution < -0.4 is 5.32 Å². The zero-order valence-corrected chi connectivity index (χ0v) is 17.3. The Bertz CT molecular complexity index is 1200. The fraction of sp³-hybridized carbons (Fsp3) is 0.125. The van der Waals surface area contributed by atoms with Gasteiger partial charge in [-0.15, -0.1) is 0 Å². The molecular weight excluding hydrogens is 397 g/mol. The van der Waals surface area contributed by atoms with Gasteiger partial charge in [-0.05, 0) is 80.1 Å². The predicted molar refractivity (Wildman–Crippen MR) is 115 cm³/mol. The van der Waals surface area contributed by atoms with Gasteiger partial charge in [0.15, 0.2) is 0 Å². The number of carbonyl (C=O) groups is 2. The maximum atomic E-state index is 13.0. The van der Waals surface area contributed by atoms with E-state index in [-0.39, 0.29) is 5.57 Å². The van der Waals surface area contributed by atoms with Crippen molar-refractivity contribution in [1.29, 1.82) is 5.26 Å². The third kappa shape index (κ3) is 4.70. The molecule has 0 fully saturated rings. The first kappa shape index (κ1) is 21.5. The maximum absolute atomic E-state index is 13.0. The van der Waals surface area contributed by atoms with Crippen molar-refractivity contribution in [3.8, 4) is 11.8 Å². The molecule has 6 nitrogen and oxygen atoms in total. The second-order valence-corrected chi connectivity index (χ2v) is 6.83. The van der Waals surface area contributed by atoms with Crippen LogP contribution in [0.3, 0.4) is 0 Å². The number of amides is 1. The molecule has 0 aliphatic heterocycles. The normalized spacial score (nSPS) is 11.0. The number of benzene rings is 2. The molecule has 156 valence electrons. The number of hydrogen-bond donors (Lipinski definition) is 1. The number of rotatable bonds is 5. The van der Waals surface area contributed by atoms with Crippen molar-refractivity contribution < 1.29 is 18.7 Å². The molecule has 0 atom stereocenters. The molecule has 0 saturated carbocycles. The lowest BCUT2D eigenvalue weighted by Gasteiger charge is -2.10. The van der Waals surface area contributed by atoms with Crippen LogP contribution in [0.2, 0.25) is 0 Å². The van der Waals surface area contributed by atoms with Gasteiger partial charge >= 0.3 is 5.97 Å². The van der Waals surface area contributed by atoms with Gasteiger partial charge in [0.2, 0.25) is 0 Å². The highest BCUT2D eigenvalue weighted by Gasteiger charge is 2.15. The standard InChI is InChI=1S/C24H20FN3O3/c1-15-12-18(13-19(14-26)23(29)27-21-8-6-20(25)7-9-21)16(2)28(15)22-10-4-17(5-11-22)24(30)31-3/h4-13H,1-3H3,(H,27,29)/b19-13-. The van der Waals surface area contributed by atoms with Gasteiger partial charge in [-0.3, -0.25) is 4.79 Å². The molecule has 1 heterocycles. The molecule has 0 aliphatic carbocycles. The molecule has 0 saturated heterocycles. The van der Waals surface area contributed by atoms with Crippen molar-refractivity contribution in [3.05, 3.63) is 88.5 Å². The SMILES string of the molecule is COC(=O)c1ccc(-n2c(C)cc(/C=C(/C#N)C(=O)Nc3ccc(F)cc3)c2C)cc1. The summed E-state index contributed by atoms with van der Waals surface area (Å²) in [5.74, 6) is -1.41. The Balaban J connectivity index is 1.90. The molecule has 1 N–H and O–H groups in total. The summed E-state index contributed by atoms with van der Waals surface area (Å²) < 4.78 is 19.7. The fourth-order valence-corrected chi connectivity index (χ4v) is 3.23. The molecule has 0 spiro atoms. The first-order valence-electron chi connectivity index (χ1n) is 9.40. The lowest BCUT2D eigenvalue weighted by atomic mass is 10.1. The summed E-state index contributed by atoms with van der Waals surface area (Å²) in [7, 11) is 1.33. The van der Waals surface area contributed by atoms with Crippen LogP contribution >= 0.6 is 0 Å². The first-order valence-corrected chi connectivity index (χ1v) is 9.40. The molecule has 0 radical (unpaired) electrons. The van der Waals surface area contributed by atoms with Gasteiger partial charge in [0, 0.05) is 22.8 Å². The van der Waals surface area contributed by atoms with E-state index in [2.05, 4.69) is 5.32 Å². The van der Waals surface area contributed by atoms with Gasteiger partial charge in [0.1, 0.15) is 17.5 Å². The average molecular weight is 417 g/mol. The van der Waals surface area contributed by atoms with Gasteiger partial charge in [0.25, 0.3) is 5.91 Å². The molecule has 31 heavy (non-hydrogen) atoms. The zero-order valence-electron chi connectivity index (χ0n) is 17.3. The number of esters is 1. The molecule has 0 bridgehead atoms. The van der Waals surface area contributed by atoms with Crippen molar-refractivity contribution in [2.75, 3.05) is 12.4 Å². The van der Waals surface area contributed by atoms with Crippen LogP contribution in [0.15, 0.2) is 60.2 Å². The van der Waals surface area contributed by atoms with Crippen molar-refractivity contribution in [2.24, 2.45) is 0 Å². The minimum atomic E-state index is -0.582. The summed E-state index contributed by atoms with van der Waals surface area (Å²) in [6, 6.07) is 16.0. The van der Waals surface area contributed by atoms with Crippen molar-refractivity contribution in [1.82, 2.24) is 4.57 Å². The minimum Gasteiger partial charge on any atom is -0.465 e. The highest BCUT2D eigenvalue weighted by molar-refractivity contribution is 6.09. The zero-order chi connectivity index (χ0) is 22.5. The summed E-state index contributed by atoms with van der Waals surface area (Å²) in [5, 5.41) is 12.1. The smallest absolute Gasteiger partial charge is 0.337 e. The number of nitriles is 1. The molecule has 0 aliphatic rings. The van der Waals surface area contributed by atoms with Crippen LogP contribution in [0.1, 0.15) is 27.3 Å². The number of carbonyl (C=O) groups excluding carboxylic acids is 2. The van der Waals surface area contributed by atoms with Crippen LogP contribution in [0.4, 0.5) is 10.1 Å². The Morgan fingerprint density at radius 2 is 1.74 bits per heavy atom. The van der Waals surface area contributed by atoms with Crippen molar-refractivity contribution in [3.63, 3.8) is 0 Å². The topological polar surface area (TPSA) is 84.1 Å². The van der Waals surface area contributed by atoms with Crippen molar-refractivity contribution in [2.45, 2.75) is 13.8 Å². The van der Waals surface area contributed by atoms with Gasteiger partial charge in [-0.25, -0.2) is 9.18 Å². The highest BCUT2D eigenvalue weighted by Crippen LogP contribution is 2.23. The number of methoxy groups -OCH3 is 1. The van der Waals surface area contributed by atoms with Crippen LogP contribution in [0.5, 0.6) is 0 Å². The van der Waals surface area contributed by atoms with E-state index in [4.69, 9.17) is 4.74 Å². The Kier molecular flexibility index (Phi) is 6.32. The second kappa shape index (κ2) is 9.09. The third-order valence-corrected chi connectivity index (χ3v) is 4.78. The molecule has 3 aromatic rings. The molecule has 2 aromatic carbocycles. The minimum absolute atomic E-state index is 0.0781. The van der Waals surface area contributed by atoms with E-state index >= 15 is 0 Å². The predicted octanol–water partition coefficient (Wildman–Crippen LogP) is 4.57. The van der Waals surface area contributed by atoms with Gasteiger partial charge in [0.05, 0.1) is 12.7 Å². The molecule has 0 unspecified atom stereocenters. The van der Waals surface area contributed by atoms with E-state index in [9.17, 15) is 19.2 Å². The lowest BCUT2D eigenvalue weighted by Crippen LogP contribution is -2.13. The first-order chi connectivity index (χ1) is 14.8. The van der Waals surface area contributed by atoms with Crippen molar-refractivity contribution >= 4 is 23.6 Å². The Labute approximate surface area is 179 Å². The maximum Gasteiger partial charge on any atom is 0.337 e. The van der Waals surface area contributed by atoms with E-state index in [1.165, 1.54) is 37.5 Å². The molecule has 1 amide bonds. The average Bonchev–Trinajstić information content (AvgIpc) is 3.05. The Hall–Kier alpha value is -4.18. The largest absolute Gasteiger partial charge is 0.465 e. The van der Waals surface area contributed by atoms with E-state index in [0.29, 0.717) is 16.8 Å². The van der Waals surface area contributed by atoms with E-state index in [1.807, 2.05) is 30.6 Å². The summed E-state index contributed by atoms with van der Waals surface area (Å²) in [6.45, 7) is 3.78. The van der Waals surface area contributed by atoms with Crippen LogP contribution in [0, 0.1) is 31.0 Å². The second-order valence-electron chi connectivity index (χ2n) is 6.83. The van der Waals surface area contributed by atoms with Crippen LogP contribution in [0.25, 0.3) is 11.8 Å². The molecule has 7 heteroatoms. The number of nitrogens with zero attached hydrogens (tertiary/aromatic N) is 2. The molecular formula is C24H20FN3O3. The quantitative estimate of drug-likeness (QED) is 0.375. The summed E-state index contributed by atoms with van der Waals surface area (Å²) >= 11 is 0. The van der Waals surface area contributed by atoms with E-state index in [1.54, 1.807) is 24.3 Å². The number of halogens is 1. The van der Waals surface area contributed by atoms with Crippen LogP contribution in [-0.2, 0) is 9.53 Å². The van der Waals surface area contributed by atoms with E-state index < -0.39 is 17.7 Å². The van der Waals surface area contributed by atoms with E-state index in [0.717, 1.165) is 17.1 Å².